The van der Waals surface area contributed by atoms with E-state index in [1.54, 1.807) is 6.08 Å². The summed E-state index contributed by atoms with van der Waals surface area (Å²) in [7, 11) is 1.86. The molecule has 0 saturated heterocycles. The van der Waals surface area contributed by atoms with Gasteiger partial charge in [0.15, 0.2) is 0 Å². The van der Waals surface area contributed by atoms with Gasteiger partial charge in [0, 0.05) is 13.1 Å². The summed E-state index contributed by atoms with van der Waals surface area (Å²) >= 11 is 0. The highest BCUT2D eigenvalue weighted by molar-refractivity contribution is 5.93. The molecule has 2 aromatic carbocycles. The minimum absolute atomic E-state index is 0.0756. The van der Waals surface area contributed by atoms with Gasteiger partial charge in [-0.3, -0.25) is 20.4 Å². The quantitative estimate of drug-likeness (QED) is 0.553. The predicted octanol–water partition coefficient (Wildman–Crippen LogP) is 2.59. The Hall–Kier alpha value is -3.41. The molecule has 6 heteroatoms. The third kappa shape index (κ3) is 4.41. The Balaban J connectivity index is 1.56. The molecule has 0 saturated carbocycles. The Morgan fingerprint density at radius 3 is 2.63 bits per heavy atom. The van der Waals surface area contributed by atoms with E-state index in [2.05, 4.69) is 21.9 Å². The molecule has 0 atom stereocenters. The van der Waals surface area contributed by atoms with E-state index >= 15 is 0 Å². The van der Waals surface area contributed by atoms with Crippen LogP contribution in [0.1, 0.15) is 22.5 Å². The average Bonchev–Trinajstić information content (AvgIpc) is 2.95. The van der Waals surface area contributed by atoms with Gasteiger partial charge in [-0.2, -0.15) is 0 Å². The first kappa shape index (κ1) is 18.4. The van der Waals surface area contributed by atoms with Gasteiger partial charge in [0.2, 0.25) is 5.91 Å². The predicted molar refractivity (Wildman–Crippen MR) is 106 cm³/mol. The number of nitrogens with zero attached hydrogens (tertiary/aromatic N) is 2. The number of hydrogen-bond donors (Lipinski definition) is 2. The summed E-state index contributed by atoms with van der Waals surface area (Å²) in [6.07, 6.45) is 3.20. The molecule has 0 aliphatic rings. The van der Waals surface area contributed by atoms with Crippen LogP contribution in [0.2, 0.25) is 0 Å². The SMILES string of the molecule is Cc1ccc(/C=C/C(=O)NNC(=O)Cc2nc3ccccc3n2C)c(C)c1. The fourth-order valence-electron chi connectivity index (χ4n) is 2.89. The zero-order valence-corrected chi connectivity index (χ0v) is 15.6. The van der Waals surface area contributed by atoms with Crippen molar-refractivity contribution in [2.75, 3.05) is 0 Å². The van der Waals surface area contributed by atoms with E-state index in [1.165, 1.54) is 11.6 Å². The van der Waals surface area contributed by atoms with Gasteiger partial charge in [0.05, 0.1) is 17.5 Å². The maximum Gasteiger partial charge on any atom is 0.262 e. The number of benzene rings is 2. The molecule has 2 N–H and O–H groups in total. The van der Waals surface area contributed by atoms with Crippen molar-refractivity contribution in [1.82, 2.24) is 20.4 Å². The van der Waals surface area contributed by atoms with Crippen molar-refractivity contribution in [3.05, 3.63) is 71.1 Å². The minimum atomic E-state index is -0.395. The van der Waals surface area contributed by atoms with Crippen LogP contribution in [0.4, 0.5) is 0 Å². The van der Waals surface area contributed by atoms with Crippen molar-refractivity contribution < 1.29 is 9.59 Å². The van der Waals surface area contributed by atoms with E-state index in [4.69, 9.17) is 0 Å². The summed E-state index contributed by atoms with van der Waals surface area (Å²) in [5.74, 6) is -0.0937. The third-order valence-corrected chi connectivity index (χ3v) is 4.36. The van der Waals surface area contributed by atoms with Gasteiger partial charge in [0.25, 0.3) is 5.91 Å². The van der Waals surface area contributed by atoms with Gasteiger partial charge in [-0.1, -0.05) is 35.9 Å². The van der Waals surface area contributed by atoms with Crippen molar-refractivity contribution in [1.29, 1.82) is 0 Å². The Labute approximate surface area is 157 Å². The van der Waals surface area contributed by atoms with Crippen molar-refractivity contribution in [3.63, 3.8) is 0 Å². The number of aromatic nitrogens is 2. The van der Waals surface area contributed by atoms with E-state index in [-0.39, 0.29) is 12.3 Å². The summed E-state index contributed by atoms with van der Waals surface area (Å²) in [6, 6.07) is 13.7. The molecule has 27 heavy (non-hydrogen) atoms. The number of carbonyl (C=O) groups excluding carboxylic acids is 2. The standard InChI is InChI=1S/C21H22N4O2/c1-14-8-9-16(15(2)12-14)10-11-20(26)23-24-21(27)13-19-22-17-6-4-5-7-18(17)25(19)3/h4-12H,13H2,1-3H3,(H,23,26)(H,24,27)/b11-10+. The van der Waals surface area contributed by atoms with Crippen molar-refractivity contribution in [2.45, 2.75) is 20.3 Å². The first-order valence-corrected chi connectivity index (χ1v) is 8.68. The molecule has 0 radical (unpaired) electrons. The molecule has 0 spiro atoms. The largest absolute Gasteiger partial charge is 0.331 e. The maximum absolute atomic E-state index is 12.1. The van der Waals surface area contributed by atoms with Crippen molar-refractivity contribution in [3.8, 4) is 0 Å². The van der Waals surface area contributed by atoms with E-state index in [0.717, 1.165) is 22.2 Å². The first-order valence-electron chi connectivity index (χ1n) is 8.68. The second-order valence-electron chi connectivity index (χ2n) is 6.48. The van der Waals surface area contributed by atoms with E-state index < -0.39 is 5.91 Å². The Bertz CT molecular complexity index is 1030. The Kier molecular flexibility index (Phi) is 5.35. The lowest BCUT2D eigenvalue weighted by atomic mass is 10.1. The molecule has 2 amide bonds. The monoisotopic (exact) mass is 362 g/mol. The fraction of sp³-hybridized carbons (Fsp3) is 0.190. The molecule has 3 aromatic rings. The van der Waals surface area contributed by atoms with Gasteiger partial charge < -0.3 is 4.57 Å². The highest BCUT2D eigenvalue weighted by atomic mass is 16.2. The van der Waals surface area contributed by atoms with E-state index in [1.807, 2.05) is 61.9 Å². The number of nitrogens with one attached hydrogen (secondary N) is 2. The number of imidazole rings is 1. The van der Waals surface area contributed by atoms with Crippen LogP contribution in [-0.4, -0.2) is 21.4 Å². The number of amides is 2. The third-order valence-electron chi connectivity index (χ3n) is 4.36. The van der Waals surface area contributed by atoms with E-state index in [0.29, 0.717) is 5.82 Å². The molecule has 1 heterocycles. The van der Waals surface area contributed by atoms with Gasteiger partial charge in [-0.05, 0) is 43.2 Å². The van der Waals surface area contributed by atoms with Crippen molar-refractivity contribution in [2.24, 2.45) is 7.05 Å². The lowest BCUT2D eigenvalue weighted by molar-refractivity contribution is -0.126. The molecule has 3 rings (SSSR count). The number of fused-ring (bicyclic) bond motifs is 1. The number of rotatable bonds is 4. The molecular formula is C21H22N4O2. The van der Waals surface area contributed by atoms with E-state index in [9.17, 15) is 9.59 Å². The number of para-hydroxylation sites is 2. The van der Waals surface area contributed by atoms with Crippen LogP contribution < -0.4 is 10.9 Å². The van der Waals surface area contributed by atoms with Crippen LogP contribution >= 0.6 is 0 Å². The summed E-state index contributed by atoms with van der Waals surface area (Å²) in [4.78, 5) is 28.5. The van der Waals surface area contributed by atoms with Gasteiger partial charge >= 0.3 is 0 Å². The lowest BCUT2D eigenvalue weighted by Gasteiger charge is -2.06. The van der Waals surface area contributed by atoms with Gasteiger partial charge in [-0.15, -0.1) is 0 Å². The van der Waals surface area contributed by atoms with Gasteiger partial charge in [0.1, 0.15) is 5.82 Å². The lowest BCUT2D eigenvalue weighted by Crippen LogP contribution is -2.41. The molecule has 138 valence electrons. The topological polar surface area (TPSA) is 76.0 Å². The summed E-state index contributed by atoms with van der Waals surface area (Å²) in [5.41, 5.74) is 9.83. The van der Waals surface area contributed by atoms with Crippen molar-refractivity contribution >= 4 is 28.9 Å². The normalized spacial score (nSPS) is 11.1. The summed E-state index contributed by atoms with van der Waals surface area (Å²) in [5, 5.41) is 0. The molecule has 0 aliphatic heterocycles. The van der Waals surface area contributed by atoms with Crippen LogP contribution in [0.3, 0.4) is 0 Å². The van der Waals surface area contributed by atoms with Gasteiger partial charge in [-0.25, -0.2) is 4.98 Å². The zero-order chi connectivity index (χ0) is 19.4. The highest BCUT2D eigenvalue weighted by Crippen LogP contribution is 2.14. The average molecular weight is 362 g/mol. The highest BCUT2D eigenvalue weighted by Gasteiger charge is 2.11. The number of aryl methyl sites for hydroxylation is 3. The Morgan fingerprint density at radius 2 is 1.89 bits per heavy atom. The molecule has 0 fully saturated rings. The summed E-state index contributed by atoms with van der Waals surface area (Å²) in [6.45, 7) is 4.01. The number of carbonyl (C=O) groups is 2. The van der Waals surface area contributed by atoms with Crippen LogP contribution in [0.15, 0.2) is 48.5 Å². The minimum Gasteiger partial charge on any atom is -0.331 e. The summed E-state index contributed by atoms with van der Waals surface area (Å²) < 4.78 is 1.87. The number of hydrogen-bond acceptors (Lipinski definition) is 3. The zero-order valence-electron chi connectivity index (χ0n) is 15.6. The number of hydrazine groups is 1. The fourth-order valence-corrected chi connectivity index (χ4v) is 2.89. The molecule has 1 aromatic heterocycles. The first-order chi connectivity index (χ1) is 12.9. The Morgan fingerprint density at radius 1 is 1.11 bits per heavy atom. The molecule has 6 nitrogen and oxygen atoms in total. The van der Waals surface area contributed by atoms with Crippen LogP contribution in [-0.2, 0) is 23.1 Å². The molecule has 0 unspecified atom stereocenters. The molecule has 0 aliphatic carbocycles. The van der Waals surface area contributed by atoms with Crippen LogP contribution in [0.25, 0.3) is 17.1 Å². The smallest absolute Gasteiger partial charge is 0.262 e. The second-order valence-corrected chi connectivity index (χ2v) is 6.48. The molecule has 0 bridgehead atoms. The maximum atomic E-state index is 12.1. The van der Waals surface area contributed by atoms with Crippen LogP contribution in [0, 0.1) is 13.8 Å². The molecular weight excluding hydrogens is 340 g/mol. The second kappa shape index (κ2) is 7.86. The van der Waals surface area contributed by atoms with Crippen LogP contribution in [0.5, 0.6) is 0 Å².